The maximum absolute atomic E-state index is 11.7. The molecule has 1 saturated heterocycles. The van der Waals surface area contributed by atoms with E-state index in [0.29, 0.717) is 5.69 Å². The smallest absolute Gasteiger partial charge is 0.308 e. The van der Waals surface area contributed by atoms with Gasteiger partial charge in [-0.05, 0) is 28.1 Å². The second-order valence-electron chi connectivity index (χ2n) is 4.14. The molecule has 7 nitrogen and oxygen atoms in total. The van der Waals surface area contributed by atoms with Crippen molar-refractivity contribution in [2.24, 2.45) is 5.92 Å². The summed E-state index contributed by atoms with van der Waals surface area (Å²) in [6.07, 6.45) is -0.0516. The van der Waals surface area contributed by atoms with Crippen LogP contribution in [0.25, 0.3) is 0 Å². The van der Waals surface area contributed by atoms with E-state index in [4.69, 9.17) is 5.11 Å². The van der Waals surface area contributed by atoms with Crippen LogP contribution >= 0.6 is 15.9 Å². The van der Waals surface area contributed by atoms with E-state index in [9.17, 15) is 19.7 Å². The van der Waals surface area contributed by atoms with Gasteiger partial charge in [0, 0.05) is 24.7 Å². The number of nitro benzene ring substituents is 1. The molecule has 1 aromatic carbocycles. The fourth-order valence-electron chi connectivity index (χ4n) is 1.93. The third-order valence-electron chi connectivity index (χ3n) is 2.91. The number of carboxylic acids is 1. The van der Waals surface area contributed by atoms with E-state index in [-0.39, 0.29) is 29.0 Å². The first-order chi connectivity index (χ1) is 8.90. The van der Waals surface area contributed by atoms with E-state index < -0.39 is 16.8 Å². The molecule has 1 N–H and O–H groups in total. The van der Waals surface area contributed by atoms with Crippen LogP contribution < -0.4 is 4.90 Å². The number of nitro groups is 1. The number of halogens is 1. The second-order valence-corrected chi connectivity index (χ2v) is 4.99. The van der Waals surface area contributed by atoms with Gasteiger partial charge in [0.25, 0.3) is 5.69 Å². The summed E-state index contributed by atoms with van der Waals surface area (Å²) in [4.78, 5) is 34.1. The van der Waals surface area contributed by atoms with E-state index >= 15 is 0 Å². The second kappa shape index (κ2) is 4.96. The van der Waals surface area contributed by atoms with Gasteiger partial charge in [0.2, 0.25) is 5.91 Å². The minimum Gasteiger partial charge on any atom is -0.481 e. The van der Waals surface area contributed by atoms with Gasteiger partial charge < -0.3 is 10.0 Å². The molecular formula is C11H9BrN2O5. The van der Waals surface area contributed by atoms with E-state index in [0.717, 1.165) is 0 Å². The number of carbonyl (C=O) groups excluding carboxylic acids is 1. The third-order valence-corrected chi connectivity index (χ3v) is 3.55. The highest BCUT2D eigenvalue weighted by Gasteiger charge is 2.35. The van der Waals surface area contributed by atoms with Crippen LogP contribution in [-0.4, -0.2) is 28.5 Å². The number of rotatable bonds is 3. The number of nitrogens with zero attached hydrogens (tertiary/aromatic N) is 2. The lowest BCUT2D eigenvalue weighted by atomic mass is 10.1. The quantitative estimate of drug-likeness (QED) is 0.673. The van der Waals surface area contributed by atoms with Crippen LogP contribution in [0.4, 0.5) is 11.4 Å². The van der Waals surface area contributed by atoms with Crippen molar-refractivity contribution in [3.8, 4) is 0 Å². The maximum atomic E-state index is 11.7. The normalized spacial score (nSPS) is 18.7. The number of benzene rings is 1. The SMILES string of the molecule is O=C(O)C1CC(=O)N(c2ccc([N+](=O)[O-])c(Br)c2)C1. The lowest BCUT2D eigenvalue weighted by Gasteiger charge is -2.16. The Morgan fingerprint density at radius 2 is 2.21 bits per heavy atom. The predicted molar refractivity (Wildman–Crippen MR) is 68.9 cm³/mol. The van der Waals surface area contributed by atoms with Gasteiger partial charge >= 0.3 is 5.97 Å². The fraction of sp³-hybridized carbons (Fsp3) is 0.273. The van der Waals surface area contributed by atoms with Crippen LogP contribution in [0.2, 0.25) is 0 Å². The van der Waals surface area contributed by atoms with Crippen molar-refractivity contribution in [3.05, 3.63) is 32.8 Å². The molecule has 0 bridgehead atoms. The zero-order valence-electron chi connectivity index (χ0n) is 9.58. The Morgan fingerprint density at radius 3 is 2.68 bits per heavy atom. The van der Waals surface area contributed by atoms with Crippen molar-refractivity contribution in [2.75, 3.05) is 11.4 Å². The van der Waals surface area contributed by atoms with Crippen molar-refractivity contribution >= 4 is 39.2 Å². The largest absolute Gasteiger partial charge is 0.481 e. The van der Waals surface area contributed by atoms with Crippen LogP contribution in [0.3, 0.4) is 0 Å². The summed E-state index contributed by atoms with van der Waals surface area (Å²) < 4.78 is 0.251. The zero-order valence-corrected chi connectivity index (χ0v) is 11.2. The van der Waals surface area contributed by atoms with Crippen LogP contribution in [0.15, 0.2) is 22.7 Å². The summed E-state index contributed by atoms with van der Waals surface area (Å²) in [6.45, 7) is 0.0818. The Bertz CT molecular complexity index is 574. The Labute approximate surface area is 116 Å². The Kier molecular flexibility index (Phi) is 3.52. The average molecular weight is 329 g/mol. The van der Waals surface area contributed by atoms with Crippen LogP contribution in [-0.2, 0) is 9.59 Å². The molecule has 1 unspecified atom stereocenters. The molecule has 19 heavy (non-hydrogen) atoms. The molecule has 8 heteroatoms. The van der Waals surface area contributed by atoms with Crippen molar-refractivity contribution in [1.82, 2.24) is 0 Å². The number of carbonyl (C=O) groups is 2. The summed E-state index contributed by atoms with van der Waals surface area (Å²) >= 11 is 3.06. The molecule has 0 saturated carbocycles. The lowest BCUT2D eigenvalue weighted by Crippen LogP contribution is -2.25. The van der Waals surface area contributed by atoms with Crippen LogP contribution in [0, 0.1) is 16.0 Å². The first-order valence-corrected chi connectivity index (χ1v) is 6.16. The number of amides is 1. The molecule has 100 valence electrons. The number of hydrogen-bond acceptors (Lipinski definition) is 4. The molecule has 0 aromatic heterocycles. The highest BCUT2D eigenvalue weighted by atomic mass is 79.9. The van der Waals surface area contributed by atoms with Gasteiger partial charge in [-0.2, -0.15) is 0 Å². The Morgan fingerprint density at radius 1 is 1.53 bits per heavy atom. The average Bonchev–Trinajstić information content (AvgIpc) is 2.71. The molecular weight excluding hydrogens is 320 g/mol. The fourth-order valence-corrected chi connectivity index (χ4v) is 2.45. The summed E-state index contributed by atoms with van der Waals surface area (Å²) in [5, 5.41) is 19.6. The van der Waals surface area contributed by atoms with Crippen molar-refractivity contribution in [1.29, 1.82) is 0 Å². The summed E-state index contributed by atoms with van der Waals surface area (Å²) in [7, 11) is 0. The van der Waals surface area contributed by atoms with E-state index in [1.165, 1.54) is 23.1 Å². The lowest BCUT2D eigenvalue weighted by molar-refractivity contribution is -0.385. The molecule has 1 aliphatic rings. The molecule has 2 rings (SSSR count). The summed E-state index contributed by atoms with van der Waals surface area (Å²) in [5.74, 6) is -2.05. The Balaban J connectivity index is 2.28. The maximum Gasteiger partial charge on any atom is 0.308 e. The predicted octanol–water partition coefficient (Wildman–Crippen LogP) is 1.79. The molecule has 1 atom stereocenters. The first kappa shape index (κ1) is 13.5. The summed E-state index contributed by atoms with van der Waals surface area (Å²) in [6, 6.07) is 4.16. The van der Waals surface area contributed by atoms with Gasteiger partial charge in [-0.15, -0.1) is 0 Å². The molecule has 1 fully saturated rings. The van der Waals surface area contributed by atoms with E-state index in [2.05, 4.69) is 15.9 Å². The highest BCUT2D eigenvalue weighted by Crippen LogP contribution is 2.32. The number of hydrogen-bond donors (Lipinski definition) is 1. The minimum atomic E-state index is -1.02. The van der Waals surface area contributed by atoms with Gasteiger partial charge in [0.1, 0.15) is 0 Å². The molecule has 1 heterocycles. The number of aliphatic carboxylic acids is 1. The molecule has 0 radical (unpaired) electrons. The zero-order chi connectivity index (χ0) is 14.2. The first-order valence-electron chi connectivity index (χ1n) is 5.37. The molecule has 0 spiro atoms. The van der Waals surface area contributed by atoms with Crippen molar-refractivity contribution in [2.45, 2.75) is 6.42 Å². The van der Waals surface area contributed by atoms with Gasteiger partial charge in [-0.3, -0.25) is 19.7 Å². The van der Waals surface area contributed by atoms with Crippen molar-refractivity contribution in [3.63, 3.8) is 0 Å². The van der Waals surface area contributed by atoms with Crippen LogP contribution in [0.5, 0.6) is 0 Å². The monoisotopic (exact) mass is 328 g/mol. The minimum absolute atomic E-state index is 0.0516. The van der Waals surface area contributed by atoms with Gasteiger partial charge in [0.15, 0.2) is 0 Å². The molecule has 0 aliphatic carbocycles. The van der Waals surface area contributed by atoms with Crippen molar-refractivity contribution < 1.29 is 19.6 Å². The Hall–Kier alpha value is -1.96. The number of anilines is 1. The molecule has 1 amide bonds. The standard InChI is InChI=1S/C11H9BrN2O5/c12-8-4-7(1-2-9(8)14(18)19)13-5-6(11(16)17)3-10(13)15/h1-2,4,6H,3,5H2,(H,16,17). The van der Waals surface area contributed by atoms with Gasteiger partial charge in [-0.25, -0.2) is 0 Å². The molecule has 1 aliphatic heterocycles. The number of carboxylic acid groups (broad SMARTS) is 1. The van der Waals surface area contributed by atoms with Crippen LogP contribution in [0.1, 0.15) is 6.42 Å². The summed E-state index contributed by atoms with van der Waals surface area (Å²) in [5.41, 5.74) is 0.344. The van der Waals surface area contributed by atoms with E-state index in [1.807, 2.05) is 0 Å². The molecule has 1 aromatic rings. The topological polar surface area (TPSA) is 101 Å². The van der Waals surface area contributed by atoms with E-state index in [1.54, 1.807) is 0 Å². The van der Waals surface area contributed by atoms with Gasteiger partial charge in [-0.1, -0.05) is 0 Å². The third kappa shape index (κ3) is 2.58. The highest BCUT2D eigenvalue weighted by molar-refractivity contribution is 9.10. The van der Waals surface area contributed by atoms with Gasteiger partial charge in [0.05, 0.1) is 15.3 Å².